The summed E-state index contributed by atoms with van der Waals surface area (Å²) in [6.45, 7) is 9.62. The molecule has 1 aliphatic heterocycles. The number of likely N-dealkylation sites (N-methyl/N-ethyl adjacent to an activating group) is 1. The highest BCUT2D eigenvalue weighted by atomic mass is 16.3. The lowest BCUT2D eigenvalue weighted by Gasteiger charge is -2.30. The molecule has 1 atom stereocenters. The minimum absolute atomic E-state index is 0.147. The molecule has 1 saturated heterocycles. The van der Waals surface area contributed by atoms with Gasteiger partial charge in [-0.1, -0.05) is 13.8 Å². The molecule has 0 aliphatic carbocycles. The fraction of sp³-hybridized carbons (Fsp3) is 1.00. The molecule has 2 N–H and O–H groups in total. The number of piperidine rings is 1. The molecule has 0 saturated carbocycles. The normalized spacial score (nSPS) is 20.8. The Bertz CT molecular complexity index is 158. The smallest absolute Gasteiger partial charge is 0.0664 e. The van der Waals surface area contributed by atoms with E-state index in [4.69, 9.17) is 0 Å². The van der Waals surface area contributed by atoms with Crippen LogP contribution in [-0.4, -0.2) is 48.8 Å². The van der Waals surface area contributed by atoms with E-state index in [0.29, 0.717) is 0 Å². The first-order valence-electron chi connectivity index (χ1n) is 6.37. The molecule has 1 aliphatic rings. The highest BCUT2D eigenvalue weighted by Gasteiger charge is 2.17. The Labute approximate surface area is 93.9 Å². The van der Waals surface area contributed by atoms with Crippen molar-refractivity contribution in [3.8, 4) is 0 Å². The highest BCUT2D eigenvalue weighted by Crippen LogP contribution is 2.13. The van der Waals surface area contributed by atoms with Gasteiger partial charge in [-0.25, -0.2) is 0 Å². The number of hydrogen-bond donors (Lipinski definition) is 2. The molecule has 90 valence electrons. The van der Waals surface area contributed by atoms with Crippen LogP contribution in [0.4, 0.5) is 0 Å². The van der Waals surface area contributed by atoms with Crippen LogP contribution in [0, 0.1) is 5.92 Å². The lowest BCUT2D eigenvalue weighted by atomic mass is 9.97. The molecule has 15 heavy (non-hydrogen) atoms. The average Bonchev–Trinajstić information content (AvgIpc) is 2.29. The quantitative estimate of drug-likeness (QED) is 0.694. The number of aliphatic hydroxyl groups excluding tert-OH is 1. The summed E-state index contributed by atoms with van der Waals surface area (Å²) in [6.07, 6.45) is 3.30. The zero-order valence-electron chi connectivity index (χ0n) is 10.2. The minimum Gasteiger partial charge on any atom is -0.392 e. The van der Waals surface area contributed by atoms with Crippen LogP contribution >= 0.6 is 0 Å². The van der Waals surface area contributed by atoms with Gasteiger partial charge < -0.3 is 15.3 Å². The van der Waals surface area contributed by atoms with E-state index in [-0.39, 0.29) is 6.10 Å². The summed E-state index contributed by atoms with van der Waals surface area (Å²) < 4.78 is 0. The molecule has 1 rings (SSSR count). The molecule has 0 aromatic rings. The van der Waals surface area contributed by atoms with Gasteiger partial charge in [0.1, 0.15) is 0 Å². The van der Waals surface area contributed by atoms with E-state index in [1.807, 2.05) is 6.92 Å². The van der Waals surface area contributed by atoms with Crippen molar-refractivity contribution in [1.82, 2.24) is 10.2 Å². The number of hydrogen-bond acceptors (Lipinski definition) is 3. The Hall–Kier alpha value is -0.120. The molecule has 1 heterocycles. The van der Waals surface area contributed by atoms with E-state index >= 15 is 0 Å². The van der Waals surface area contributed by atoms with Gasteiger partial charge in [0, 0.05) is 13.1 Å². The van der Waals surface area contributed by atoms with Gasteiger partial charge in [0.15, 0.2) is 0 Å². The van der Waals surface area contributed by atoms with E-state index in [1.54, 1.807) is 0 Å². The first kappa shape index (κ1) is 12.9. The molecule has 1 unspecified atom stereocenters. The second kappa shape index (κ2) is 7.20. The van der Waals surface area contributed by atoms with E-state index in [1.165, 1.54) is 25.9 Å². The Morgan fingerprint density at radius 1 is 1.33 bits per heavy atom. The Morgan fingerprint density at radius 3 is 2.53 bits per heavy atom. The highest BCUT2D eigenvalue weighted by molar-refractivity contribution is 4.73. The maximum absolute atomic E-state index is 9.63. The van der Waals surface area contributed by atoms with E-state index < -0.39 is 0 Å². The molecule has 1 fully saturated rings. The molecule has 0 bridgehead atoms. The lowest BCUT2D eigenvalue weighted by Crippen LogP contribution is -2.39. The molecule has 3 heteroatoms. The predicted octanol–water partition coefficient (Wildman–Crippen LogP) is 1.08. The van der Waals surface area contributed by atoms with Crippen LogP contribution < -0.4 is 5.32 Å². The standard InChI is InChI=1S/C12H26N2O/c1-3-12(15)10-14(4-2)9-11-5-7-13-8-6-11/h11-13,15H,3-10H2,1-2H3. The Balaban J connectivity index is 2.25. The number of nitrogens with one attached hydrogen (secondary N) is 1. The molecular formula is C12H26N2O. The van der Waals surface area contributed by atoms with Crippen molar-refractivity contribution in [1.29, 1.82) is 0 Å². The van der Waals surface area contributed by atoms with Gasteiger partial charge in [-0.3, -0.25) is 0 Å². The van der Waals surface area contributed by atoms with Gasteiger partial charge in [-0.2, -0.15) is 0 Å². The molecule has 3 nitrogen and oxygen atoms in total. The van der Waals surface area contributed by atoms with Crippen LogP contribution in [0.25, 0.3) is 0 Å². The average molecular weight is 214 g/mol. The second-order valence-electron chi connectivity index (χ2n) is 4.61. The number of rotatable bonds is 6. The fourth-order valence-corrected chi connectivity index (χ4v) is 2.19. The third-order valence-electron chi connectivity index (χ3n) is 3.36. The summed E-state index contributed by atoms with van der Waals surface area (Å²) in [5.74, 6) is 0.829. The van der Waals surface area contributed by atoms with Crippen LogP contribution in [0.15, 0.2) is 0 Å². The first-order chi connectivity index (χ1) is 7.26. The number of aliphatic hydroxyl groups is 1. The lowest BCUT2D eigenvalue weighted by molar-refractivity contribution is 0.0987. The van der Waals surface area contributed by atoms with Crippen molar-refractivity contribution < 1.29 is 5.11 Å². The van der Waals surface area contributed by atoms with Gasteiger partial charge in [0.2, 0.25) is 0 Å². The van der Waals surface area contributed by atoms with Crippen LogP contribution in [0.2, 0.25) is 0 Å². The van der Waals surface area contributed by atoms with Crippen molar-refractivity contribution >= 4 is 0 Å². The molecule has 0 aromatic heterocycles. The monoisotopic (exact) mass is 214 g/mol. The van der Waals surface area contributed by atoms with Crippen molar-refractivity contribution in [2.24, 2.45) is 5.92 Å². The summed E-state index contributed by atoms with van der Waals surface area (Å²) in [4.78, 5) is 2.39. The van der Waals surface area contributed by atoms with Crippen molar-refractivity contribution in [3.63, 3.8) is 0 Å². The summed E-state index contributed by atoms with van der Waals surface area (Å²) in [7, 11) is 0. The van der Waals surface area contributed by atoms with E-state index in [2.05, 4.69) is 17.1 Å². The van der Waals surface area contributed by atoms with Gasteiger partial charge in [-0.05, 0) is 44.8 Å². The van der Waals surface area contributed by atoms with Gasteiger partial charge >= 0.3 is 0 Å². The maximum atomic E-state index is 9.63. The third kappa shape index (κ3) is 4.96. The van der Waals surface area contributed by atoms with E-state index in [9.17, 15) is 5.11 Å². The first-order valence-corrected chi connectivity index (χ1v) is 6.37. The van der Waals surface area contributed by atoms with E-state index in [0.717, 1.165) is 32.0 Å². The predicted molar refractivity (Wildman–Crippen MR) is 64.0 cm³/mol. The topological polar surface area (TPSA) is 35.5 Å². The van der Waals surface area contributed by atoms with Crippen LogP contribution in [-0.2, 0) is 0 Å². The van der Waals surface area contributed by atoms with Gasteiger partial charge in [0.05, 0.1) is 6.10 Å². The molecule has 0 spiro atoms. The molecule has 0 aromatic carbocycles. The second-order valence-corrected chi connectivity index (χ2v) is 4.61. The molecule has 0 radical (unpaired) electrons. The minimum atomic E-state index is -0.147. The third-order valence-corrected chi connectivity index (χ3v) is 3.36. The van der Waals surface area contributed by atoms with Crippen LogP contribution in [0.1, 0.15) is 33.1 Å². The van der Waals surface area contributed by atoms with Crippen molar-refractivity contribution in [2.45, 2.75) is 39.2 Å². The van der Waals surface area contributed by atoms with Gasteiger partial charge in [0.25, 0.3) is 0 Å². The SMILES string of the molecule is CCC(O)CN(CC)CC1CCNCC1. The van der Waals surface area contributed by atoms with Crippen LogP contribution in [0.3, 0.4) is 0 Å². The summed E-state index contributed by atoms with van der Waals surface area (Å²) in [6, 6.07) is 0. The summed E-state index contributed by atoms with van der Waals surface area (Å²) in [5.41, 5.74) is 0. The Kier molecular flexibility index (Phi) is 6.22. The summed E-state index contributed by atoms with van der Waals surface area (Å²) in [5, 5.41) is 13.0. The Morgan fingerprint density at radius 2 is 2.00 bits per heavy atom. The largest absolute Gasteiger partial charge is 0.392 e. The summed E-state index contributed by atoms with van der Waals surface area (Å²) >= 11 is 0. The zero-order chi connectivity index (χ0) is 11.1. The number of nitrogens with zero attached hydrogens (tertiary/aromatic N) is 1. The van der Waals surface area contributed by atoms with Crippen LogP contribution in [0.5, 0.6) is 0 Å². The molecular weight excluding hydrogens is 188 g/mol. The van der Waals surface area contributed by atoms with Crippen molar-refractivity contribution in [2.75, 3.05) is 32.7 Å². The maximum Gasteiger partial charge on any atom is 0.0664 e. The fourth-order valence-electron chi connectivity index (χ4n) is 2.19. The zero-order valence-corrected chi connectivity index (χ0v) is 10.2. The molecule has 0 amide bonds. The van der Waals surface area contributed by atoms with Crippen molar-refractivity contribution in [3.05, 3.63) is 0 Å². The van der Waals surface area contributed by atoms with Gasteiger partial charge in [-0.15, -0.1) is 0 Å².